The normalized spacial score (nSPS) is 13.0. The third kappa shape index (κ3) is 64.4. The van der Waals surface area contributed by atoms with Crippen LogP contribution in [0.2, 0.25) is 0 Å². The SMILES string of the molecule is CC/C=C\C/C=C\C/C=C\C/C=C\C/C=C\C/C=C\CCCCCCCCC(=O)OC(COC(=O)CCCCCCCCCCCC)COC(=O)CCCCCCCCCCCCC/C=C\C/C=C\C/C=C\C/C=C\C/C=C\CC. The highest BCUT2D eigenvalue weighted by Crippen LogP contribution is 2.16. The Morgan fingerprint density at radius 2 is 0.487 bits per heavy atom. The number of hydrogen-bond donors (Lipinski definition) is 0. The van der Waals surface area contributed by atoms with Crippen molar-refractivity contribution in [1.29, 1.82) is 0 Å². The maximum atomic E-state index is 12.9. The molecule has 0 aliphatic carbocycles. The second kappa shape index (κ2) is 67.1. The van der Waals surface area contributed by atoms with E-state index in [2.05, 4.69) is 154 Å². The zero-order chi connectivity index (χ0) is 57.8. The fourth-order valence-electron chi connectivity index (χ4n) is 9.00. The van der Waals surface area contributed by atoms with Gasteiger partial charge in [0.15, 0.2) is 6.10 Å². The highest BCUT2D eigenvalue weighted by molar-refractivity contribution is 5.71. The van der Waals surface area contributed by atoms with Gasteiger partial charge in [-0.15, -0.1) is 0 Å². The molecule has 6 heteroatoms. The molecule has 0 aliphatic rings. The van der Waals surface area contributed by atoms with E-state index in [0.717, 1.165) is 141 Å². The van der Waals surface area contributed by atoms with Gasteiger partial charge in [-0.1, -0.05) is 296 Å². The molecule has 0 bridgehead atoms. The predicted octanol–water partition coefficient (Wildman–Crippen LogP) is 22.9. The van der Waals surface area contributed by atoms with Crippen LogP contribution in [-0.4, -0.2) is 37.2 Å². The Morgan fingerprint density at radius 3 is 0.762 bits per heavy atom. The average molecular weight is 1110 g/mol. The van der Waals surface area contributed by atoms with Crippen LogP contribution >= 0.6 is 0 Å². The molecule has 0 aromatic carbocycles. The van der Waals surface area contributed by atoms with Gasteiger partial charge in [0.2, 0.25) is 0 Å². The third-order valence-corrected chi connectivity index (χ3v) is 13.9. The molecular weight excluding hydrogens is 985 g/mol. The summed E-state index contributed by atoms with van der Waals surface area (Å²) >= 11 is 0. The monoisotopic (exact) mass is 1110 g/mol. The van der Waals surface area contributed by atoms with Crippen molar-refractivity contribution in [2.75, 3.05) is 13.2 Å². The number of esters is 3. The first kappa shape index (κ1) is 75.5. The third-order valence-electron chi connectivity index (χ3n) is 13.9. The number of ether oxygens (including phenoxy) is 3. The second-order valence-corrected chi connectivity index (χ2v) is 21.6. The number of unbranched alkanes of at least 4 members (excludes halogenated alkanes) is 26. The summed E-state index contributed by atoms with van der Waals surface area (Å²) < 4.78 is 16.9. The standard InChI is InChI=1S/C74H122O6/c1-4-7-10-13-16-19-22-24-26-28-30-32-34-36-37-39-40-42-44-46-48-50-52-55-58-61-64-67-73(76)79-70-71(69-78-72(75)66-63-60-57-54-21-18-15-12-9-6-3)80-74(77)68-65-62-59-56-53-51-49-47-45-43-41-38-35-33-31-29-27-25-23-20-17-14-11-8-5-2/h7-8,10-11,16-17,19-20,24-27,30-33,36-38,41,45,47,71H,4-6,9,12-15,18,21-23,28-29,34-35,39-40,42-44,46,48-70H2,1-3H3/b10-7-,11-8-,19-16-,20-17-,26-24-,27-25-,32-30-,33-31-,37-36-,41-38-,47-45-. The fourth-order valence-corrected chi connectivity index (χ4v) is 9.00. The number of rotatable bonds is 59. The molecule has 0 rings (SSSR count). The maximum absolute atomic E-state index is 12.9. The van der Waals surface area contributed by atoms with Crippen LogP contribution in [0.3, 0.4) is 0 Å². The minimum atomic E-state index is -0.791. The van der Waals surface area contributed by atoms with Crippen molar-refractivity contribution in [1.82, 2.24) is 0 Å². The van der Waals surface area contributed by atoms with E-state index in [-0.39, 0.29) is 31.1 Å². The van der Waals surface area contributed by atoms with E-state index in [1.807, 2.05) is 0 Å². The van der Waals surface area contributed by atoms with Crippen LogP contribution in [0.5, 0.6) is 0 Å². The number of allylic oxidation sites excluding steroid dienone is 22. The van der Waals surface area contributed by atoms with Crippen LogP contribution in [-0.2, 0) is 28.6 Å². The predicted molar refractivity (Wildman–Crippen MR) is 348 cm³/mol. The zero-order valence-electron chi connectivity index (χ0n) is 52.0. The number of carbonyl (C=O) groups excluding carboxylic acids is 3. The Bertz CT molecular complexity index is 1700. The average Bonchev–Trinajstić information content (AvgIpc) is 3.46. The molecule has 0 aromatic heterocycles. The summed E-state index contributed by atoms with van der Waals surface area (Å²) in [6.45, 7) is 6.40. The molecular formula is C74H122O6. The Morgan fingerprint density at radius 1 is 0.263 bits per heavy atom. The molecule has 0 spiro atoms. The molecule has 0 aliphatic heterocycles. The summed E-state index contributed by atoms with van der Waals surface area (Å²) in [7, 11) is 0. The number of carbonyl (C=O) groups is 3. The van der Waals surface area contributed by atoms with Gasteiger partial charge in [-0.3, -0.25) is 14.4 Å². The summed E-state index contributed by atoms with van der Waals surface area (Å²) in [5, 5.41) is 0. The van der Waals surface area contributed by atoms with Crippen molar-refractivity contribution in [3.63, 3.8) is 0 Å². The van der Waals surface area contributed by atoms with Crippen molar-refractivity contribution in [3.8, 4) is 0 Å². The van der Waals surface area contributed by atoms with Crippen molar-refractivity contribution < 1.29 is 28.6 Å². The van der Waals surface area contributed by atoms with Gasteiger partial charge in [0.1, 0.15) is 13.2 Å². The van der Waals surface area contributed by atoms with Gasteiger partial charge in [0, 0.05) is 19.3 Å². The van der Waals surface area contributed by atoms with Crippen LogP contribution in [0, 0.1) is 0 Å². The maximum Gasteiger partial charge on any atom is 0.306 e. The van der Waals surface area contributed by atoms with Gasteiger partial charge in [0.05, 0.1) is 0 Å². The molecule has 0 saturated heterocycles. The summed E-state index contributed by atoms with van der Waals surface area (Å²) in [5.41, 5.74) is 0. The van der Waals surface area contributed by atoms with E-state index < -0.39 is 6.10 Å². The van der Waals surface area contributed by atoms with Gasteiger partial charge in [-0.2, -0.15) is 0 Å². The highest BCUT2D eigenvalue weighted by atomic mass is 16.6. The van der Waals surface area contributed by atoms with Gasteiger partial charge in [-0.05, 0) is 116 Å². The van der Waals surface area contributed by atoms with E-state index >= 15 is 0 Å². The minimum Gasteiger partial charge on any atom is -0.462 e. The lowest BCUT2D eigenvalue weighted by atomic mass is 10.0. The lowest BCUT2D eigenvalue weighted by Crippen LogP contribution is -2.30. The van der Waals surface area contributed by atoms with Gasteiger partial charge in [-0.25, -0.2) is 0 Å². The lowest BCUT2D eigenvalue weighted by molar-refractivity contribution is -0.167. The van der Waals surface area contributed by atoms with Crippen LogP contribution in [0.1, 0.15) is 297 Å². The van der Waals surface area contributed by atoms with Gasteiger partial charge >= 0.3 is 17.9 Å². The van der Waals surface area contributed by atoms with E-state index in [4.69, 9.17) is 14.2 Å². The Balaban J connectivity index is 4.29. The molecule has 1 unspecified atom stereocenters. The Labute approximate surface area is 494 Å². The van der Waals surface area contributed by atoms with Crippen molar-refractivity contribution in [2.24, 2.45) is 0 Å². The molecule has 454 valence electrons. The Hall–Kier alpha value is -4.45. The topological polar surface area (TPSA) is 78.9 Å². The van der Waals surface area contributed by atoms with Gasteiger partial charge < -0.3 is 14.2 Å². The van der Waals surface area contributed by atoms with E-state index in [0.29, 0.717) is 19.3 Å². The van der Waals surface area contributed by atoms with Gasteiger partial charge in [0.25, 0.3) is 0 Å². The molecule has 0 amide bonds. The molecule has 0 radical (unpaired) electrons. The molecule has 1 atom stereocenters. The molecule has 0 heterocycles. The summed E-state index contributed by atoms with van der Waals surface area (Å²) in [5.74, 6) is -0.901. The molecule has 0 aromatic rings. The molecule has 0 fully saturated rings. The summed E-state index contributed by atoms with van der Waals surface area (Å²) in [4.78, 5) is 38.3. The van der Waals surface area contributed by atoms with Crippen molar-refractivity contribution in [3.05, 3.63) is 134 Å². The van der Waals surface area contributed by atoms with Crippen LogP contribution in [0.4, 0.5) is 0 Å². The highest BCUT2D eigenvalue weighted by Gasteiger charge is 2.19. The summed E-state index contributed by atoms with van der Waals surface area (Å²) in [6, 6.07) is 0. The fraction of sp³-hybridized carbons (Fsp3) is 0.662. The summed E-state index contributed by atoms with van der Waals surface area (Å²) in [6.07, 6.45) is 94.6. The van der Waals surface area contributed by atoms with Crippen molar-refractivity contribution in [2.45, 2.75) is 303 Å². The minimum absolute atomic E-state index is 0.0858. The second-order valence-electron chi connectivity index (χ2n) is 21.6. The van der Waals surface area contributed by atoms with Crippen LogP contribution in [0.15, 0.2) is 134 Å². The smallest absolute Gasteiger partial charge is 0.306 e. The largest absolute Gasteiger partial charge is 0.462 e. The van der Waals surface area contributed by atoms with Crippen LogP contribution < -0.4 is 0 Å². The van der Waals surface area contributed by atoms with E-state index in [1.165, 1.54) is 116 Å². The number of hydrogen-bond acceptors (Lipinski definition) is 6. The van der Waals surface area contributed by atoms with Crippen molar-refractivity contribution >= 4 is 17.9 Å². The molecule has 80 heavy (non-hydrogen) atoms. The lowest BCUT2D eigenvalue weighted by Gasteiger charge is -2.18. The molecule has 6 nitrogen and oxygen atoms in total. The first-order valence-electron chi connectivity index (χ1n) is 33.2. The first-order valence-corrected chi connectivity index (χ1v) is 33.2. The van der Waals surface area contributed by atoms with E-state index in [9.17, 15) is 14.4 Å². The zero-order valence-corrected chi connectivity index (χ0v) is 52.0. The van der Waals surface area contributed by atoms with Crippen LogP contribution in [0.25, 0.3) is 0 Å². The first-order chi connectivity index (χ1) is 39.5. The molecule has 0 N–H and O–H groups in total. The quantitative estimate of drug-likeness (QED) is 0.0261. The molecule has 0 saturated carbocycles. The van der Waals surface area contributed by atoms with E-state index in [1.54, 1.807) is 0 Å². The Kier molecular flexibility index (Phi) is 63.3.